The molecule has 1 N–H and O–H groups in total. The number of amides is 1. The molecule has 0 fully saturated rings. The number of likely N-dealkylation sites (N-methyl/N-ethyl adjacent to an activating group) is 1. The van der Waals surface area contributed by atoms with Gasteiger partial charge in [-0.05, 0) is 60.7 Å². The van der Waals surface area contributed by atoms with Crippen LogP contribution in [-0.2, 0) is 14.8 Å². The summed E-state index contributed by atoms with van der Waals surface area (Å²) in [7, 11) is -0.579. The van der Waals surface area contributed by atoms with Gasteiger partial charge in [0.15, 0.2) is 0 Å². The molecule has 3 aromatic rings. The van der Waals surface area contributed by atoms with Crippen molar-refractivity contribution in [1.82, 2.24) is 5.32 Å². The number of rotatable bonds is 10. The van der Waals surface area contributed by atoms with Crippen LogP contribution in [0.1, 0.15) is 0 Å². The van der Waals surface area contributed by atoms with Crippen LogP contribution in [-0.4, -0.2) is 48.1 Å². The van der Waals surface area contributed by atoms with E-state index in [4.69, 9.17) is 16.3 Å². The maximum Gasteiger partial charge on any atom is 0.264 e. The van der Waals surface area contributed by atoms with Crippen molar-refractivity contribution < 1.29 is 17.9 Å². The van der Waals surface area contributed by atoms with E-state index in [0.29, 0.717) is 29.5 Å². The Morgan fingerprint density at radius 3 is 2.18 bits per heavy atom. The first-order valence-electron chi connectivity index (χ1n) is 10.3. The number of hydrogen-bond acceptors (Lipinski definition) is 5. The Labute approximate surface area is 199 Å². The van der Waals surface area contributed by atoms with Crippen molar-refractivity contribution in [1.29, 1.82) is 0 Å². The Morgan fingerprint density at radius 2 is 1.58 bits per heavy atom. The number of halogens is 1. The normalized spacial score (nSPS) is 11.0. The number of nitrogens with one attached hydrogen (secondary N) is 1. The maximum atomic E-state index is 13.4. The van der Waals surface area contributed by atoms with Gasteiger partial charge in [0.25, 0.3) is 10.0 Å². The van der Waals surface area contributed by atoms with Gasteiger partial charge in [-0.15, -0.1) is 0 Å². The van der Waals surface area contributed by atoms with Gasteiger partial charge in [-0.3, -0.25) is 9.10 Å². The van der Waals surface area contributed by atoms with Crippen LogP contribution in [0.15, 0.2) is 83.8 Å². The molecule has 9 heteroatoms. The predicted octanol–water partition coefficient (Wildman–Crippen LogP) is 3.80. The molecule has 0 unspecified atom stereocenters. The van der Waals surface area contributed by atoms with Crippen molar-refractivity contribution in [3.05, 3.63) is 83.9 Å². The zero-order chi connectivity index (χ0) is 23.8. The summed E-state index contributed by atoms with van der Waals surface area (Å²) in [5.41, 5.74) is 1.36. The standard InChI is InChI=1S/C24H26ClN3O4S/c1-27(20-6-4-3-5-7-20)17-16-26-24(29)18-28(21-10-8-19(25)9-11-21)33(30,31)23-14-12-22(32-2)13-15-23/h3-15H,16-18H2,1-2H3,(H,26,29). The quantitative estimate of drug-likeness (QED) is 0.470. The van der Waals surface area contributed by atoms with Gasteiger partial charge in [-0.1, -0.05) is 29.8 Å². The van der Waals surface area contributed by atoms with Crippen molar-refractivity contribution in [3.8, 4) is 5.75 Å². The fraction of sp³-hybridized carbons (Fsp3) is 0.208. The second kappa shape index (κ2) is 11.1. The van der Waals surface area contributed by atoms with E-state index in [2.05, 4.69) is 5.32 Å². The van der Waals surface area contributed by atoms with Gasteiger partial charge in [0.05, 0.1) is 17.7 Å². The van der Waals surface area contributed by atoms with Gasteiger partial charge < -0.3 is 15.0 Å². The maximum absolute atomic E-state index is 13.4. The number of para-hydroxylation sites is 1. The Morgan fingerprint density at radius 1 is 0.939 bits per heavy atom. The number of nitrogens with zero attached hydrogens (tertiary/aromatic N) is 2. The number of benzene rings is 3. The van der Waals surface area contributed by atoms with Crippen LogP contribution in [0.5, 0.6) is 5.75 Å². The van der Waals surface area contributed by atoms with Crippen LogP contribution in [0.25, 0.3) is 0 Å². The highest BCUT2D eigenvalue weighted by atomic mass is 35.5. The molecule has 174 valence electrons. The summed E-state index contributed by atoms with van der Waals surface area (Å²) in [6.45, 7) is 0.564. The Balaban J connectivity index is 1.74. The Bertz CT molecular complexity index is 1150. The topological polar surface area (TPSA) is 79.0 Å². The van der Waals surface area contributed by atoms with Crippen molar-refractivity contribution >= 4 is 38.9 Å². The van der Waals surface area contributed by atoms with E-state index in [1.165, 1.54) is 19.2 Å². The summed E-state index contributed by atoms with van der Waals surface area (Å²) in [5, 5.41) is 3.27. The number of sulfonamides is 1. The molecular formula is C24H26ClN3O4S. The van der Waals surface area contributed by atoms with E-state index in [9.17, 15) is 13.2 Å². The van der Waals surface area contributed by atoms with Gasteiger partial charge >= 0.3 is 0 Å². The average molecular weight is 488 g/mol. The molecule has 3 rings (SSSR count). The zero-order valence-corrected chi connectivity index (χ0v) is 20.0. The molecule has 0 saturated heterocycles. The first-order valence-corrected chi connectivity index (χ1v) is 12.1. The second-order valence-corrected chi connectivity index (χ2v) is 9.57. The van der Waals surface area contributed by atoms with Gasteiger partial charge in [0.2, 0.25) is 5.91 Å². The monoisotopic (exact) mass is 487 g/mol. The predicted molar refractivity (Wildman–Crippen MR) is 132 cm³/mol. The molecule has 0 aliphatic heterocycles. The lowest BCUT2D eigenvalue weighted by Gasteiger charge is -2.25. The van der Waals surface area contributed by atoms with Crippen LogP contribution in [0, 0.1) is 0 Å². The van der Waals surface area contributed by atoms with Crippen LogP contribution >= 0.6 is 11.6 Å². The van der Waals surface area contributed by atoms with Crippen LogP contribution in [0.4, 0.5) is 11.4 Å². The number of anilines is 2. The largest absolute Gasteiger partial charge is 0.497 e. The van der Waals surface area contributed by atoms with Gasteiger partial charge in [-0.2, -0.15) is 0 Å². The number of ether oxygens (including phenoxy) is 1. The summed E-state index contributed by atoms with van der Waals surface area (Å²) in [6, 6.07) is 22.1. The first kappa shape index (κ1) is 24.4. The summed E-state index contributed by atoms with van der Waals surface area (Å²) < 4.78 is 32.9. The van der Waals surface area contributed by atoms with Gasteiger partial charge in [-0.25, -0.2) is 8.42 Å². The lowest BCUT2D eigenvalue weighted by atomic mass is 10.3. The van der Waals surface area contributed by atoms with E-state index in [0.717, 1.165) is 9.99 Å². The molecule has 0 aliphatic carbocycles. The zero-order valence-electron chi connectivity index (χ0n) is 18.4. The molecule has 0 aliphatic rings. The highest BCUT2D eigenvalue weighted by Crippen LogP contribution is 2.26. The molecule has 0 bridgehead atoms. The second-order valence-electron chi connectivity index (χ2n) is 7.27. The third-order valence-electron chi connectivity index (χ3n) is 5.02. The fourth-order valence-corrected chi connectivity index (χ4v) is 4.71. The minimum atomic E-state index is -4.01. The molecule has 1 amide bonds. The molecular weight excluding hydrogens is 462 g/mol. The third-order valence-corrected chi connectivity index (χ3v) is 7.06. The Kier molecular flexibility index (Phi) is 8.19. The SMILES string of the molecule is COc1ccc(S(=O)(=O)N(CC(=O)NCCN(C)c2ccccc2)c2ccc(Cl)cc2)cc1. The molecule has 0 spiro atoms. The number of methoxy groups -OCH3 is 1. The number of carbonyl (C=O) groups excluding carboxylic acids is 1. The van der Waals surface area contributed by atoms with Crippen molar-refractivity contribution in [2.45, 2.75) is 4.90 Å². The molecule has 0 saturated carbocycles. The van der Waals surface area contributed by atoms with Crippen LogP contribution in [0.2, 0.25) is 5.02 Å². The summed E-state index contributed by atoms with van der Waals surface area (Å²) >= 11 is 5.97. The number of hydrogen-bond donors (Lipinski definition) is 1. The molecule has 0 aromatic heterocycles. The van der Waals surface area contributed by atoms with Crippen molar-refractivity contribution in [2.75, 3.05) is 43.0 Å². The van der Waals surface area contributed by atoms with Crippen LogP contribution < -0.4 is 19.3 Å². The van der Waals surface area contributed by atoms with E-state index >= 15 is 0 Å². The summed E-state index contributed by atoms with van der Waals surface area (Å²) in [5.74, 6) is 0.121. The van der Waals surface area contributed by atoms with Crippen molar-refractivity contribution in [3.63, 3.8) is 0 Å². The Hall–Kier alpha value is -3.23. The van der Waals surface area contributed by atoms with E-state index in [1.807, 2.05) is 42.3 Å². The van der Waals surface area contributed by atoms with Gasteiger partial charge in [0.1, 0.15) is 12.3 Å². The molecule has 7 nitrogen and oxygen atoms in total. The lowest BCUT2D eigenvalue weighted by molar-refractivity contribution is -0.119. The average Bonchev–Trinajstić information content (AvgIpc) is 2.83. The van der Waals surface area contributed by atoms with Gasteiger partial charge in [0, 0.05) is 30.8 Å². The highest BCUT2D eigenvalue weighted by molar-refractivity contribution is 7.92. The number of carbonyl (C=O) groups is 1. The van der Waals surface area contributed by atoms with E-state index in [1.54, 1.807) is 36.4 Å². The van der Waals surface area contributed by atoms with Crippen LogP contribution in [0.3, 0.4) is 0 Å². The first-order chi connectivity index (χ1) is 15.8. The molecule has 33 heavy (non-hydrogen) atoms. The molecule has 0 atom stereocenters. The molecule has 0 heterocycles. The van der Waals surface area contributed by atoms with E-state index < -0.39 is 15.9 Å². The fourth-order valence-electron chi connectivity index (χ4n) is 3.16. The lowest BCUT2D eigenvalue weighted by Crippen LogP contribution is -2.42. The minimum absolute atomic E-state index is 0.0508. The summed E-state index contributed by atoms with van der Waals surface area (Å²) in [4.78, 5) is 14.8. The van der Waals surface area contributed by atoms with Crippen molar-refractivity contribution in [2.24, 2.45) is 0 Å². The van der Waals surface area contributed by atoms with E-state index in [-0.39, 0.29) is 11.4 Å². The molecule has 3 aromatic carbocycles. The summed E-state index contributed by atoms with van der Waals surface area (Å²) in [6.07, 6.45) is 0. The third kappa shape index (κ3) is 6.40. The smallest absolute Gasteiger partial charge is 0.264 e. The highest BCUT2D eigenvalue weighted by Gasteiger charge is 2.27. The molecule has 0 radical (unpaired) electrons. The minimum Gasteiger partial charge on any atom is -0.497 e.